The van der Waals surface area contributed by atoms with Crippen molar-refractivity contribution in [3.63, 3.8) is 0 Å². The molecule has 0 unspecified atom stereocenters. The molecule has 0 aliphatic heterocycles. The summed E-state index contributed by atoms with van der Waals surface area (Å²) in [5.41, 5.74) is 3.23. The molecule has 1 heterocycles. The van der Waals surface area contributed by atoms with Gasteiger partial charge in [-0.15, -0.1) is 0 Å². The molecule has 206 valence electrons. The van der Waals surface area contributed by atoms with Gasteiger partial charge < -0.3 is 9.32 Å². The SMILES string of the molecule is [2H]c1c([2H])c(N(c2ccccc2)c2ccc(-c3cccc4ccccc34)c3ccccc23)c2c(oc3c4c([2H])c([2H])c([2H])c([2H])c4c([2H])c([2H])c32)c1[2H]. The zero-order chi connectivity index (χ0) is 36.9. The quantitative estimate of drug-likeness (QED) is 0.209. The lowest BCUT2D eigenvalue weighted by Gasteiger charge is -2.28. The molecule has 2 nitrogen and oxygen atoms in total. The summed E-state index contributed by atoms with van der Waals surface area (Å²) < 4.78 is 85.9. The van der Waals surface area contributed by atoms with Gasteiger partial charge in [0.25, 0.3) is 0 Å². The first kappa shape index (κ1) is 17.3. The van der Waals surface area contributed by atoms with E-state index in [0.29, 0.717) is 11.4 Å². The first-order valence-electron chi connectivity index (χ1n) is 18.8. The normalized spacial score (nSPS) is 14.5. The second kappa shape index (κ2) is 9.86. The summed E-state index contributed by atoms with van der Waals surface area (Å²) in [6, 6.07) is 31.7. The summed E-state index contributed by atoms with van der Waals surface area (Å²) in [6.45, 7) is 0. The van der Waals surface area contributed by atoms with E-state index in [2.05, 4.69) is 24.3 Å². The second-order valence-electron chi connectivity index (χ2n) is 10.6. The van der Waals surface area contributed by atoms with Gasteiger partial charge in [-0.2, -0.15) is 0 Å². The van der Waals surface area contributed by atoms with Crippen LogP contribution in [0.5, 0.6) is 0 Å². The third-order valence-electron chi connectivity index (χ3n) is 8.19. The molecule has 0 atom stereocenters. The molecule has 0 aliphatic rings. The first-order chi connectivity index (χ1) is 25.6. The minimum absolute atomic E-state index is 0.0251. The van der Waals surface area contributed by atoms with Crippen molar-refractivity contribution in [2.45, 2.75) is 0 Å². The highest BCUT2D eigenvalue weighted by Crippen LogP contribution is 2.47. The summed E-state index contributed by atoms with van der Waals surface area (Å²) in [5, 5.41) is 3.85. The van der Waals surface area contributed by atoms with E-state index in [4.69, 9.17) is 14.0 Å². The zero-order valence-corrected chi connectivity index (χ0v) is 23.2. The minimum atomic E-state index is -0.538. The number of anilines is 3. The van der Waals surface area contributed by atoms with Crippen molar-refractivity contribution in [1.82, 2.24) is 0 Å². The number of furan rings is 1. The Balaban J connectivity index is 1.44. The van der Waals surface area contributed by atoms with Gasteiger partial charge in [-0.05, 0) is 69.0 Å². The van der Waals surface area contributed by atoms with Gasteiger partial charge in [0.15, 0.2) is 0 Å². The van der Waals surface area contributed by atoms with Gasteiger partial charge in [-0.3, -0.25) is 0 Å². The lowest BCUT2D eigenvalue weighted by atomic mass is 9.93. The van der Waals surface area contributed by atoms with E-state index < -0.39 is 42.3 Å². The minimum Gasteiger partial charge on any atom is -0.455 e. The molecule has 0 fully saturated rings. The van der Waals surface area contributed by atoms with Gasteiger partial charge in [-0.1, -0.05) is 127 Å². The molecular weight excluding hydrogens is 534 g/mol. The third-order valence-corrected chi connectivity index (χ3v) is 8.19. The molecule has 0 saturated heterocycles. The average molecular weight is 571 g/mol. The second-order valence-corrected chi connectivity index (χ2v) is 10.6. The summed E-state index contributed by atoms with van der Waals surface area (Å²) in [4.78, 5) is 1.82. The van der Waals surface area contributed by atoms with E-state index in [1.165, 1.54) is 0 Å². The number of para-hydroxylation sites is 1. The van der Waals surface area contributed by atoms with Crippen molar-refractivity contribution < 1.29 is 16.8 Å². The average Bonchev–Trinajstić information content (AvgIpc) is 3.58. The Hall–Kier alpha value is -5.86. The standard InChI is InChI=1S/C42H27NO/c1-2-15-30(16-3-1)43(39-22-11-23-40-41(39)37-25-24-29-13-5-7-18-32(29)42(37)44-40)38-27-26-35(34-19-8-9-20-36(34)38)33-21-10-14-28-12-4-6-17-31(28)33/h1-27H/i5D,7D,11D,13D,18D,22D,23D,24D,25D. The highest BCUT2D eigenvalue weighted by Gasteiger charge is 2.22. The van der Waals surface area contributed by atoms with Crippen molar-refractivity contribution in [1.29, 1.82) is 0 Å². The van der Waals surface area contributed by atoms with Crippen molar-refractivity contribution in [3.05, 3.63) is 164 Å². The van der Waals surface area contributed by atoms with Crippen molar-refractivity contribution >= 4 is 71.3 Å². The van der Waals surface area contributed by atoms with Crippen LogP contribution in [0, 0.1) is 0 Å². The van der Waals surface area contributed by atoms with Crippen LogP contribution >= 0.6 is 0 Å². The van der Waals surface area contributed by atoms with Gasteiger partial charge in [0.1, 0.15) is 11.2 Å². The molecule has 0 N–H and O–H groups in total. The fourth-order valence-electron chi connectivity index (χ4n) is 6.26. The van der Waals surface area contributed by atoms with Gasteiger partial charge in [-0.25, -0.2) is 0 Å². The van der Waals surface area contributed by atoms with Crippen LogP contribution in [0.1, 0.15) is 12.3 Å². The molecule has 9 rings (SSSR count). The van der Waals surface area contributed by atoms with E-state index in [9.17, 15) is 2.74 Å². The first-order valence-corrected chi connectivity index (χ1v) is 14.3. The molecule has 9 aromatic rings. The Bertz CT molecular complexity index is 3010. The van der Waals surface area contributed by atoms with Crippen molar-refractivity contribution in [2.75, 3.05) is 4.90 Å². The predicted octanol–water partition coefficient (Wildman–Crippen LogP) is 12.2. The van der Waals surface area contributed by atoms with Crippen LogP contribution in [0.2, 0.25) is 0 Å². The molecule has 1 aromatic heterocycles. The molecule has 0 bridgehead atoms. The van der Waals surface area contributed by atoms with Crippen molar-refractivity contribution in [3.8, 4) is 11.1 Å². The Kier molecular flexibility index (Phi) is 3.88. The Morgan fingerprint density at radius 2 is 1.20 bits per heavy atom. The van der Waals surface area contributed by atoms with Crippen LogP contribution in [0.15, 0.2) is 168 Å². The lowest BCUT2D eigenvalue weighted by molar-refractivity contribution is 0.672. The van der Waals surface area contributed by atoms with Gasteiger partial charge in [0.2, 0.25) is 0 Å². The number of rotatable bonds is 4. The van der Waals surface area contributed by atoms with Crippen LogP contribution in [0.3, 0.4) is 0 Å². The summed E-state index contributed by atoms with van der Waals surface area (Å²) in [6.07, 6.45) is 0. The van der Waals surface area contributed by atoms with Gasteiger partial charge in [0.05, 0.1) is 29.1 Å². The molecule has 8 aromatic carbocycles. The predicted molar refractivity (Wildman–Crippen MR) is 186 cm³/mol. The number of benzene rings is 8. The van der Waals surface area contributed by atoms with Crippen LogP contribution in [-0.2, 0) is 0 Å². The van der Waals surface area contributed by atoms with E-state index >= 15 is 0 Å². The van der Waals surface area contributed by atoms with E-state index in [0.717, 1.165) is 32.7 Å². The highest BCUT2D eigenvalue weighted by molar-refractivity contribution is 6.20. The number of hydrogen-bond donors (Lipinski definition) is 0. The maximum atomic E-state index is 9.44. The molecule has 0 saturated carbocycles. The molecule has 44 heavy (non-hydrogen) atoms. The number of hydrogen-bond acceptors (Lipinski definition) is 2. The number of nitrogens with zero attached hydrogens (tertiary/aromatic N) is 1. The molecule has 0 aliphatic carbocycles. The van der Waals surface area contributed by atoms with Crippen LogP contribution in [0.4, 0.5) is 17.1 Å². The van der Waals surface area contributed by atoms with E-state index in [1.54, 1.807) is 0 Å². The highest BCUT2D eigenvalue weighted by atomic mass is 16.3. The Labute approximate surface area is 267 Å². The Morgan fingerprint density at radius 1 is 0.455 bits per heavy atom. The molecular formula is C42H27NO. The largest absolute Gasteiger partial charge is 0.455 e. The smallest absolute Gasteiger partial charge is 0.143 e. The van der Waals surface area contributed by atoms with E-state index in [-0.39, 0.29) is 50.5 Å². The Morgan fingerprint density at radius 3 is 2.11 bits per heavy atom. The van der Waals surface area contributed by atoms with Crippen LogP contribution in [-0.4, -0.2) is 0 Å². The maximum Gasteiger partial charge on any atom is 0.143 e. The summed E-state index contributed by atoms with van der Waals surface area (Å²) >= 11 is 0. The maximum absolute atomic E-state index is 9.44. The van der Waals surface area contributed by atoms with Crippen LogP contribution < -0.4 is 4.90 Å². The summed E-state index contributed by atoms with van der Waals surface area (Å²) in [7, 11) is 0. The molecule has 2 heteroatoms. The lowest BCUT2D eigenvalue weighted by Crippen LogP contribution is -2.11. The molecule has 0 radical (unpaired) electrons. The monoisotopic (exact) mass is 570 g/mol. The third kappa shape index (κ3) is 3.75. The van der Waals surface area contributed by atoms with Crippen molar-refractivity contribution in [2.24, 2.45) is 0 Å². The van der Waals surface area contributed by atoms with E-state index in [1.807, 2.05) is 89.8 Å². The number of fused-ring (bicyclic) bond motifs is 7. The molecule has 0 spiro atoms. The van der Waals surface area contributed by atoms with Crippen LogP contribution in [0.25, 0.3) is 65.4 Å². The topological polar surface area (TPSA) is 16.4 Å². The summed E-state index contributed by atoms with van der Waals surface area (Å²) in [5.74, 6) is 0. The molecule has 0 amide bonds. The van der Waals surface area contributed by atoms with Gasteiger partial charge >= 0.3 is 0 Å². The fourth-order valence-corrected chi connectivity index (χ4v) is 6.26. The van der Waals surface area contributed by atoms with Gasteiger partial charge in [0, 0.05) is 21.8 Å². The fraction of sp³-hybridized carbons (Fsp3) is 0. The zero-order valence-electron chi connectivity index (χ0n) is 32.2.